The van der Waals surface area contributed by atoms with Gasteiger partial charge in [-0.1, -0.05) is 29.8 Å². The number of sulfonamides is 1. The summed E-state index contributed by atoms with van der Waals surface area (Å²) >= 11 is 5.78. The van der Waals surface area contributed by atoms with E-state index >= 15 is 0 Å². The molecule has 27 heavy (non-hydrogen) atoms. The summed E-state index contributed by atoms with van der Waals surface area (Å²) in [6.07, 6.45) is 0. The quantitative estimate of drug-likeness (QED) is 0.618. The molecule has 0 saturated carbocycles. The third-order valence-electron chi connectivity index (χ3n) is 4.00. The summed E-state index contributed by atoms with van der Waals surface area (Å²) < 4.78 is 27.0. The van der Waals surface area contributed by atoms with Crippen LogP contribution in [0.3, 0.4) is 0 Å². The van der Waals surface area contributed by atoms with E-state index in [0.717, 1.165) is 16.5 Å². The van der Waals surface area contributed by atoms with E-state index in [1.165, 1.54) is 24.3 Å². The van der Waals surface area contributed by atoms with E-state index in [2.05, 4.69) is 21.1 Å². The number of halogens is 1. The van der Waals surface area contributed by atoms with Crippen LogP contribution in [0.25, 0.3) is 10.9 Å². The van der Waals surface area contributed by atoms with Crippen molar-refractivity contribution in [3.8, 4) is 6.07 Å². The first kappa shape index (κ1) is 19.1. The number of fused-ring (bicyclic) bond motifs is 1. The Balaban J connectivity index is 1.69. The molecule has 0 aliphatic heterocycles. The highest BCUT2D eigenvalue weighted by atomic mass is 35.5. The molecule has 0 spiro atoms. The predicted octanol–water partition coefficient (Wildman–Crippen LogP) is 3.46. The Bertz CT molecular complexity index is 1120. The van der Waals surface area contributed by atoms with Crippen molar-refractivity contribution >= 4 is 38.3 Å². The molecule has 0 fully saturated rings. The molecule has 0 saturated heterocycles. The molecule has 0 aliphatic rings. The van der Waals surface area contributed by atoms with Crippen molar-refractivity contribution < 1.29 is 8.42 Å². The fraction of sp³-hybridized carbons (Fsp3) is 0.158. The van der Waals surface area contributed by atoms with Gasteiger partial charge in [-0.15, -0.1) is 0 Å². The SMILES string of the molecule is Cc1cccc2cc(C#N)c(NCCNS(=O)(=O)c3ccc(Cl)cc3)nc12. The smallest absolute Gasteiger partial charge is 0.240 e. The minimum atomic E-state index is -3.62. The summed E-state index contributed by atoms with van der Waals surface area (Å²) in [6, 6.07) is 15.6. The number of nitrogens with zero attached hydrogens (tertiary/aromatic N) is 2. The Kier molecular flexibility index (Phi) is 5.61. The maximum absolute atomic E-state index is 12.2. The topological polar surface area (TPSA) is 94.9 Å². The number of benzene rings is 2. The van der Waals surface area contributed by atoms with Gasteiger partial charge >= 0.3 is 0 Å². The Hall–Kier alpha value is -2.66. The number of para-hydroxylation sites is 1. The molecular formula is C19H17ClN4O2S. The van der Waals surface area contributed by atoms with E-state index in [0.29, 0.717) is 16.4 Å². The molecule has 3 aromatic rings. The number of nitrogens with one attached hydrogen (secondary N) is 2. The lowest BCUT2D eigenvalue weighted by Gasteiger charge is -2.11. The van der Waals surface area contributed by atoms with Crippen LogP contribution in [-0.2, 0) is 10.0 Å². The third-order valence-corrected chi connectivity index (χ3v) is 5.73. The highest BCUT2D eigenvalue weighted by molar-refractivity contribution is 7.89. The minimum Gasteiger partial charge on any atom is -0.368 e. The lowest BCUT2D eigenvalue weighted by atomic mass is 10.1. The summed E-state index contributed by atoms with van der Waals surface area (Å²) in [4.78, 5) is 4.66. The van der Waals surface area contributed by atoms with Crippen molar-refractivity contribution in [3.05, 3.63) is 64.7 Å². The zero-order valence-electron chi connectivity index (χ0n) is 14.5. The molecule has 6 nitrogen and oxygen atoms in total. The Morgan fingerprint density at radius 3 is 2.59 bits per heavy atom. The first-order valence-corrected chi connectivity index (χ1v) is 10.1. The van der Waals surface area contributed by atoms with Crippen LogP contribution in [0.4, 0.5) is 5.82 Å². The Morgan fingerprint density at radius 1 is 1.15 bits per heavy atom. The molecule has 0 unspecified atom stereocenters. The van der Waals surface area contributed by atoms with Gasteiger partial charge in [-0.25, -0.2) is 18.1 Å². The molecular weight excluding hydrogens is 384 g/mol. The summed E-state index contributed by atoms with van der Waals surface area (Å²) in [5.74, 6) is 0.435. The number of aryl methyl sites for hydroxylation is 1. The minimum absolute atomic E-state index is 0.142. The molecule has 3 rings (SSSR count). The molecule has 1 heterocycles. The van der Waals surface area contributed by atoms with Crippen molar-refractivity contribution in [2.45, 2.75) is 11.8 Å². The van der Waals surface area contributed by atoms with Crippen LogP contribution in [0.1, 0.15) is 11.1 Å². The molecule has 2 N–H and O–H groups in total. The molecule has 1 aromatic heterocycles. The molecule has 8 heteroatoms. The summed E-state index contributed by atoms with van der Waals surface area (Å²) in [5.41, 5.74) is 2.22. The highest BCUT2D eigenvalue weighted by Crippen LogP contribution is 2.22. The van der Waals surface area contributed by atoms with E-state index in [1.54, 1.807) is 6.07 Å². The molecule has 0 atom stereocenters. The average Bonchev–Trinajstić information content (AvgIpc) is 2.65. The molecule has 138 valence electrons. The Morgan fingerprint density at radius 2 is 1.89 bits per heavy atom. The zero-order chi connectivity index (χ0) is 19.4. The van der Waals surface area contributed by atoms with Gasteiger partial charge in [0.05, 0.1) is 16.0 Å². The average molecular weight is 401 g/mol. The molecule has 0 amide bonds. The zero-order valence-corrected chi connectivity index (χ0v) is 16.1. The highest BCUT2D eigenvalue weighted by Gasteiger charge is 2.13. The number of hydrogen-bond donors (Lipinski definition) is 2. The van der Waals surface area contributed by atoms with Gasteiger partial charge < -0.3 is 5.32 Å². The second-order valence-corrected chi connectivity index (χ2v) is 8.12. The number of rotatable bonds is 6. The number of nitriles is 1. The normalized spacial score (nSPS) is 11.3. The summed E-state index contributed by atoms with van der Waals surface area (Å²) in [5, 5.41) is 13.7. The van der Waals surface area contributed by atoms with Crippen LogP contribution in [0.15, 0.2) is 53.4 Å². The molecule has 0 bridgehead atoms. The van der Waals surface area contributed by atoms with E-state index in [4.69, 9.17) is 11.6 Å². The van der Waals surface area contributed by atoms with Gasteiger partial charge in [0.25, 0.3) is 0 Å². The first-order valence-electron chi connectivity index (χ1n) is 8.20. The van der Waals surface area contributed by atoms with Crippen LogP contribution < -0.4 is 10.0 Å². The summed E-state index contributed by atoms with van der Waals surface area (Å²) in [6.45, 7) is 2.38. The van der Waals surface area contributed by atoms with Gasteiger partial charge in [-0.3, -0.25) is 0 Å². The molecule has 0 aliphatic carbocycles. The van der Waals surface area contributed by atoms with Gasteiger partial charge in [0.1, 0.15) is 11.9 Å². The maximum Gasteiger partial charge on any atom is 0.240 e. The van der Waals surface area contributed by atoms with Crippen LogP contribution in [0.5, 0.6) is 0 Å². The second-order valence-electron chi connectivity index (χ2n) is 5.92. The lowest BCUT2D eigenvalue weighted by molar-refractivity contribution is 0.583. The number of pyridine rings is 1. The maximum atomic E-state index is 12.2. The van der Waals surface area contributed by atoms with Crippen LogP contribution in [0, 0.1) is 18.3 Å². The van der Waals surface area contributed by atoms with Gasteiger partial charge in [-0.05, 0) is 42.8 Å². The first-order chi connectivity index (χ1) is 12.9. The fourth-order valence-electron chi connectivity index (χ4n) is 2.63. The second kappa shape index (κ2) is 7.92. The lowest BCUT2D eigenvalue weighted by Crippen LogP contribution is -2.29. The van der Waals surface area contributed by atoms with Crippen LogP contribution >= 0.6 is 11.6 Å². The van der Waals surface area contributed by atoms with Gasteiger partial charge in [0.2, 0.25) is 10.0 Å². The van der Waals surface area contributed by atoms with Crippen molar-refractivity contribution in [2.75, 3.05) is 18.4 Å². The van der Waals surface area contributed by atoms with Crippen LogP contribution in [-0.4, -0.2) is 26.5 Å². The predicted molar refractivity (Wildman–Crippen MR) is 106 cm³/mol. The Labute approximate surface area is 162 Å². The molecule has 0 radical (unpaired) electrons. The monoisotopic (exact) mass is 400 g/mol. The van der Waals surface area contributed by atoms with Gasteiger partial charge in [-0.2, -0.15) is 5.26 Å². The van der Waals surface area contributed by atoms with E-state index in [9.17, 15) is 13.7 Å². The van der Waals surface area contributed by atoms with E-state index in [-0.39, 0.29) is 18.0 Å². The van der Waals surface area contributed by atoms with Gasteiger partial charge in [0, 0.05) is 23.5 Å². The van der Waals surface area contributed by atoms with Crippen LogP contribution in [0.2, 0.25) is 5.02 Å². The standard InChI is InChI=1S/C19H17ClN4O2S/c1-13-3-2-4-14-11-15(12-21)19(24-18(13)14)22-9-10-23-27(25,26)17-7-5-16(20)6-8-17/h2-8,11,23H,9-10H2,1H3,(H,22,24). The molecule has 2 aromatic carbocycles. The van der Waals surface area contributed by atoms with E-state index in [1.807, 2.05) is 25.1 Å². The van der Waals surface area contributed by atoms with E-state index < -0.39 is 10.0 Å². The largest absolute Gasteiger partial charge is 0.368 e. The summed E-state index contributed by atoms with van der Waals surface area (Å²) in [7, 11) is -3.62. The van der Waals surface area contributed by atoms with Crippen molar-refractivity contribution in [2.24, 2.45) is 0 Å². The number of anilines is 1. The number of hydrogen-bond acceptors (Lipinski definition) is 5. The van der Waals surface area contributed by atoms with Crippen molar-refractivity contribution in [3.63, 3.8) is 0 Å². The third kappa shape index (κ3) is 4.37. The van der Waals surface area contributed by atoms with Gasteiger partial charge in [0.15, 0.2) is 0 Å². The number of aromatic nitrogens is 1. The fourth-order valence-corrected chi connectivity index (χ4v) is 3.79. The van der Waals surface area contributed by atoms with Crippen molar-refractivity contribution in [1.82, 2.24) is 9.71 Å². The van der Waals surface area contributed by atoms with Crippen molar-refractivity contribution in [1.29, 1.82) is 5.26 Å².